The van der Waals surface area contributed by atoms with Crippen LogP contribution in [0.15, 0.2) is 128 Å². The van der Waals surface area contributed by atoms with Crippen molar-refractivity contribution in [3.63, 3.8) is 0 Å². The first kappa shape index (κ1) is 44.2. The summed E-state index contributed by atoms with van der Waals surface area (Å²) < 4.78 is 123. The van der Waals surface area contributed by atoms with E-state index in [1.54, 1.807) is 30.3 Å². The van der Waals surface area contributed by atoms with Crippen molar-refractivity contribution >= 4 is 40.0 Å². The van der Waals surface area contributed by atoms with Gasteiger partial charge in [0.25, 0.3) is 0 Å². The molecular formula is C42H20F8Hg2O10. The Labute approximate surface area is 366 Å². The number of alkyl halides is 6. The second-order valence-corrected chi connectivity index (χ2v) is 23.3. The number of aromatic hydroxyl groups is 2. The molecule has 0 radical (unpaired) electrons. The van der Waals surface area contributed by atoms with E-state index in [2.05, 4.69) is 5.29 Å². The van der Waals surface area contributed by atoms with Crippen LogP contribution in [0.5, 0.6) is 11.5 Å². The van der Waals surface area contributed by atoms with Gasteiger partial charge in [0.05, 0.1) is 0 Å². The van der Waals surface area contributed by atoms with Gasteiger partial charge in [0.1, 0.15) is 22.9 Å². The van der Waals surface area contributed by atoms with Crippen molar-refractivity contribution in [2.45, 2.75) is 12.4 Å². The number of carbonyl (C=O) groups is 2. The molecule has 2 aliphatic carbocycles. The van der Waals surface area contributed by atoms with Crippen LogP contribution in [0.4, 0.5) is 35.1 Å². The van der Waals surface area contributed by atoms with E-state index in [9.17, 15) is 64.5 Å². The van der Waals surface area contributed by atoms with Crippen molar-refractivity contribution in [3.8, 4) is 56.4 Å². The molecule has 0 spiro atoms. The summed E-state index contributed by atoms with van der Waals surface area (Å²) in [6.07, 6.45) is -10.6. The first-order valence-electron chi connectivity index (χ1n) is 17.7. The third kappa shape index (κ3) is 9.30. The second kappa shape index (κ2) is 17.5. The van der Waals surface area contributed by atoms with Gasteiger partial charge in [-0.3, -0.25) is 4.79 Å². The monoisotopic (exact) mass is 1240 g/mol. The van der Waals surface area contributed by atoms with Gasteiger partial charge >= 0.3 is 239 Å². The number of fused-ring (bicyclic) bond motifs is 4. The van der Waals surface area contributed by atoms with E-state index in [0.717, 1.165) is 46.3 Å². The molecule has 308 valence electrons. The molecule has 0 unspecified atom stereocenters. The Hall–Kier alpha value is -5.89. The summed E-state index contributed by atoms with van der Waals surface area (Å²) in [5.41, 5.74) is 2.32. The van der Waals surface area contributed by atoms with Crippen LogP contribution in [0.1, 0.15) is 0 Å². The maximum atomic E-state index is 13.7. The summed E-state index contributed by atoms with van der Waals surface area (Å²) >= 11 is -7.29. The predicted octanol–water partition coefficient (Wildman–Crippen LogP) is 8.28. The van der Waals surface area contributed by atoms with Crippen LogP contribution in [0.2, 0.25) is 0 Å². The molecule has 0 aromatic heterocycles. The third-order valence-corrected chi connectivity index (χ3v) is 20.0. The summed E-state index contributed by atoms with van der Waals surface area (Å²) in [6, 6.07) is 25.2. The number of halogens is 8. The Morgan fingerprint density at radius 2 is 1.11 bits per heavy atom. The number of phenols is 2. The number of phenolic OH excluding ortho intramolecular Hbond substituents is 2. The summed E-state index contributed by atoms with van der Waals surface area (Å²) in [6.45, 7) is 0. The van der Waals surface area contributed by atoms with E-state index in [1.807, 2.05) is 0 Å². The minimum atomic E-state index is -5.31. The molecule has 4 aromatic rings. The van der Waals surface area contributed by atoms with E-state index in [-0.39, 0.29) is 51.0 Å². The summed E-state index contributed by atoms with van der Waals surface area (Å²) in [5.74, 6) is -6.27. The smallest absolute Gasteiger partial charge is 0.182 e. The molecule has 0 bridgehead atoms. The molecular weight excluding hydrogens is 1220 g/mol. The molecule has 2 heterocycles. The Morgan fingerprint density at radius 3 is 1.69 bits per heavy atom. The maximum absolute atomic E-state index is 13.7. The van der Waals surface area contributed by atoms with Crippen molar-refractivity contribution in [1.29, 1.82) is 0 Å². The van der Waals surface area contributed by atoms with E-state index in [4.69, 9.17) is 8.83 Å². The Kier molecular flexibility index (Phi) is 12.4. The fourth-order valence-electron chi connectivity index (χ4n) is 6.53. The van der Waals surface area contributed by atoms with Crippen LogP contribution in [0, 0.1) is 11.6 Å². The molecule has 0 amide bonds. The first-order valence-corrected chi connectivity index (χ1v) is 27.7. The predicted molar refractivity (Wildman–Crippen MR) is 196 cm³/mol. The van der Waals surface area contributed by atoms with Crippen LogP contribution in [-0.2, 0) is 64.9 Å². The average molecular weight is 1240 g/mol. The summed E-state index contributed by atoms with van der Waals surface area (Å²) in [7, 11) is 0. The largest absolute Gasteiger partial charge is 0.508 e. The molecule has 0 fully saturated rings. The second-order valence-electron chi connectivity index (χ2n) is 13.3. The third-order valence-electron chi connectivity index (χ3n) is 9.30. The SMILES string of the molecule is O=C([O][Hg][c]1c2oc3[c]([Hg][O]C(=O)C(F)(F)F)c(O)ccc3c(-c3ccc(F)cc3)c-2ccc1=O)C(F)(F)F.O=c1ccc2c(-c3ccc(F)cc3)c3ccc(O)cc3oc-2c1. The Balaban J connectivity index is 0.000000212. The van der Waals surface area contributed by atoms with Gasteiger partial charge in [-0.05, 0) is 42.0 Å². The van der Waals surface area contributed by atoms with Crippen LogP contribution < -0.4 is 17.0 Å². The standard InChI is InChI=1S/C19H11FO3.C19H9FO3.2C2HF3O2.2Hg/c2*20-12-3-1-11(2-4-12)19-15-7-5-13(21)9-17(15)23-18-10-14(22)6-8-16(18)19;2*3-2(4,5)1(6)7;;/h1-10,21H;1-8,21H;2*(H,6,7);;/q;;;;2*+1/p-2. The number of hydrogen-bond donors (Lipinski definition) is 2. The molecule has 0 saturated heterocycles. The zero-order chi connectivity index (χ0) is 44.7. The van der Waals surface area contributed by atoms with Gasteiger partial charge in [-0.15, -0.1) is 0 Å². The average Bonchev–Trinajstić information content (AvgIpc) is 3.21. The fraction of sp³-hybridized carbons (Fsp3) is 0.0476. The minimum absolute atomic E-state index is 0.0731. The quantitative estimate of drug-likeness (QED) is 0.0946. The van der Waals surface area contributed by atoms with E-state index < -0.39 is 91.3 Å². The van der Waals surface area contributed by atoms with Gasteiger partial charge in [0, 0.05) is 28.6 Å². The van der Waals surface area contributed by atoms with E-state index in [0.29, 0.717) is 16.9 Å². The molecule has 62 heavy (non-hydrogen) atoms. The van der Waals surface area contributed by atoms with Crippen molar-refractivity contribution in [3.05, 3.63) is 141 Å². The van der Waals surface area contributed by atoms with Gasteiger partial charge < -0.3 is 9.52 Å². The summed E-state index contributed by atoms with van der Waals surface area (Å²) in [4.78, 5) is 46.9. The number of hydrogen-bond acceptors (Lipinski definition) is 10. The van der Waals surface area contributed by atoms with Crippen molar-refractivity contribution in [1.82, 2.24) is 0 Å². The van der Waals surface area contributed by atoms with E-state index in [1.165, 1.54) is 54.6 Å². The Bertz CT molecular complexity index is 3070. The topological polar surface area (TPSA) is 153 Å². The van der Waals surface area contributed by atoms with Crippen molar-refractivity contribution < 1.29 is 119 Å². The van der Waals surface area contributed by atoms with Gasteiger partial charge in [-0.1, -0.05) is 12.1 Å². The molecule has 0 saturated carbocycles. The van der Waals surface area contributed by atoms with Crippen LogP contribution in [0.25, 0.3) is 66.8 Å². The van der Waals surface area contributed by atoms with Gasteiger partial charge in [0.15, 0.2) is 5.43 Å². The molecule has 10 nitrogen and oxygen atoms in total. The molecule has 0 atom stereocenters. The first-order chi connectivity index (χ1) is 29.3. The van der Waals surface area contributed by atoms with Crippen molar-refractivity contribution in [2.24, 2.45) is 0 Å². The fourth-order valence-corrected chi connectivity index (χ4v) is 15.1. The molecule has 4 aliphatic rings. The zero-order valence-corrected chi connectivity index (χ0v) is 42.0. The van der Waals surface area contributed by atoms with Gasteiger partial charge in [-0.2, -0.15) is 0 Å². The maximum Gasteiger partial charge on any atom is 0.182 e. The number of rotatable bonds is 6. The number of benzene rings is 6. The molecule has 20 heteroatoms. The van der Waals surface area contributed by atoms with E-state index >= 15 is 0 Å². The Morgan fingerprint density at radius 1 is 0.581 bits per heavy atom. The zero-order valence-electron chi connectivity index (χ0n) is 31.0. The minimum Gasteiger partial charge on any atom is -0.508 e. The summed E-state index contributed by atoms with van der Waals surface area (Å²) in [5, 5.41) is 21.0. The van der Waals surface area contributed by atoms with Crippen LogP contribution >= 0.6 is 0 Å². The normalized spacial score (nSPS) is 11.5. The van der Waals surface area contributed by atoms with Gasteiger partial charge in [-0.25, -0.2) is 4.39 Å². The van der Waals surface area contributed by atoms with Crippen LogP contribution in [-0.4, -0.2) is 34.5 Å². The van der Waals surface area contributed by atoms with Crippen molar-refractivity contribution in [2.75, 3.05) is 0 Å². The molecule has 4 aromatic carbocycles. The van der Waals surface area contributed by atoms with Gasteiger partial charge in [0.2, 0.25) is 0 Å². The number of carbonyl (C=O) groups excluding carboxylic acids is 2. The molecule has 8 rings (SSSR count). The molecule has 2 N–H and O–H groups in total. The van der Waals surface area contributed by atoms with Crippen LogP contribution in [0.3, 0.4) is 0 Å². The molecule has 2 aliphatic heterocycles.